The van der Waals surface area contributed by atoms with Crippen molar-refractivity contribution in [1.29, 1.82) is 0 Å². The van der Waals surface area contributed by atoms with Gasteiger partial charge in [-0.2, -0.15) is 0 Å². The van der Waals surface area contributed by atoms with Gasteiger partial charge in [0.05, 0.1) is 7.11 Å². The number of methoxy groups -OCH3 is 1. The molecule has 0 unspecified atom stereocenters. The van der Waals surface area contributed by atoms with E-state index >= 15 is 0 Å². The number of likely N-dealkylation sites (N-methyl/N-ethyl adjacent to an activating group) is 1. The fourth-order valence-electron chi connectivity index (χ4n) is 0.933. The zero-order valence-electron chi connectivity index (χ0n) is 11.4. The van der Waals surface area contributed by atoms with Crippen molar-refractivity contribution in [3.8, 4) is 0 Å². The molecule has 0 aliphatic carbocycles. The smallest absolute Gasteiger partial charge is 0.410 e. The summed E-state index contributed by atoms with van der Waals surface area (Å²) >= 11 is 0. The Morgan fingerprint density at radius 3 is 2.22 bits per heavy atom. The quantitative estimate of drug-likeness (QED) is 0.576. The molecule has 0 bridgehead atoms. The minimum Gasteiger partial charge on any atom is -0.462 e. The summed E-state index contributed by atoms with van der Waals surface area (Å²) < 4.78 is 9.33. The second kappa shape index (κ2) is 6.83. The lowest BCUT2D eigenvalue weighted by molar-refractivity contribution is -0.152. The zero-order chi connectivity index (χ0) is 14.3. The van der Waals surface area contributed by atoms with Crippen molar-refractivity contribution < 1.29 is 23.9 Å². The molecule has 0 aromatic carbocycles. The predicted molar refractivity (Wildman–Crippen MR) is 63.9 cm³/mol. The molecule has 0 aliphatic rings. The molecule has 0 aromatic heterocycles. The highest BCUT2D eigenvalue weighted by atomic mass is 16.6. The van der Waals surface area contributed by atoms with E-state index in [0.717, 1.165) is 7.11 Å². The van der Waals surface area contributed by atoms with Crippen LogP contribution in [-0.4, -0.2) is 55.7 Å². The fourth-order valence-corrected chi connectivity index (χ4v) is 0.933. The number of amides is 2. The van der Waals surface area contributed by atoms with Crippen LogP contribution >= 0.6 is 0 Å². The molecule has 0 atom stereocenters. The number of nitrogens with one attached hydrogen (secondary N) is 1. The Hall–Kier alpha value is -1.79. The van der Waals surface area contributed by atoms with Gasteiger partial charge in [-0.3, -0.25) is 4.79 Å². The molecular weight excluding hydrogens is 240 g/mol. The van der Waals surface area contributed by atoms with Crippen molar-refractivity contribution in [2.45, 2.75) is 26.4 Å². The molecule has 0 radical (unpaired) electrons. The zero-order valence-corrected chi connectivity index (χ0v) is 11.4. The maximum absolute atomic E-state index is 11.5. The van der Waals surface area contributed by atoms with Gasteiger partial charge in [0, 0.05) is 20.1 Å². The van der Waals surface area contributed by atoms with Crippen molar-refractivity contribution in [2.75, 3.05) is 27.2 Å². The molecule has 2 amide bonds. The SMILES string of the molecule is COC(=O)C(=O)NCCN(C)C(=O)OC(C)(C)C. The fraction of sp³-hybridized carbons (Fsp3) is 0.727. The standard InChI is InChI=1S/C11H20N2O5/c1-11(2,3)18-10(16)13(4)7-6-12-8(14)9(15)17-5/h6-7H2,1-5H3,(H,12,14). The van der Waals surface area contributed by atoms with Crippen LogP contribution in [0.1, 0.15) is 20.8 Å². The Bertz CT molecular complexity index is 322. The predicted octanol–water partition coefficient (Wildman–Crippen LogP) is 0.143. The number of hydrogen-bond donors (Lipinski definition) is 1. The minimum atomic E-state index is -0.963. The van der Waals surface area contributed by atoms with Crippen molar-refractivity contribution in [1.82, 2.24) is 10.2 Å². The third kappa shape index (κ3) is 6.72. The molecule has 18 heavy (non-hydrogen) atoms. The Labute approximate surface area is 106 Å². The highest BCUT2D eigenvalue weighted by Crippen LogP contribution is 2.08. The first-order valence-electron chi connectivity index (χ1n) is 5.47. The topological polar surface area (TPSA) is 84.9 Å². The third-order valence-electron chi connectivity index (χ3n) is 1.81. The first-order valence-corrected chi connectivity index (χ1v) is 5.47. The van der Waals surface area contributed by atoms with Gasteiger partial charge in [-0.25, -0.2) is 9.59 Å². The highest BCUT2D eigenvalue weighted by molar-refractivity contribution is 6.32. The summed E-state index contributed by atoms with van der Waals surface area (Å²) in [4.78, 5) is 34.6. The van der Waals surface area contributed by atoms with Gasteiger partial charge in [0.15, 0.2) is 0 Å². The number of hydrogen-bond acceptors (Lipinski definition) is 5. The van der Waals surface area contributed by atoms with E-state index < -0.39 is 23.6 Å². The molecule has 104 valence electrons. The molecule has 0 aliphatic heterocycles. The molecule has 7 nitrogen and oxygen atoms in total. The van der Waals surface area contributed by atoms with Crippen LogP contribution in [0.15, 0.2) is 0 Å². The number of rotatable bonds is 3. The van der Waals surface area contributed by atoms with E-state index in [1.807, 2.05) is 0 Å². The number of ether oxygens (including phenoxy) is 2. The third-order valence-corrected chi connectivity index (χ3v) is 1.81. The van der Waals surface area contributed by atoms with Crippen LogP contribution in [0.2, 0.25) is 0 Å². The molecule has 0 spiro atoms. The number of esters is 1. The van der Waals surface area contributed by atoms with E-state index in [1.54, 1.807) is 27.8 Å². The molecule has 0 heterocycles. The van der Waals surface area contributed by atoms with E-state index in [2.05, 4.69) is 10.1 Å². The van der Waals surface area contributed by atoms with Crippen molar-refractivity contribution in [3.63, 3.8) is 0 Å². The normalized spacial score (nSPS) is 10.5. The van der Waals surface area contributed by atoms with Gasteiger partial charge >= 0.3 is 18.0 Å². The largest absolute Gasteiger partial charge is 0.462 e. The van der Waals surface area contributed by atoms with Gasteiger partial charge in [-0.1, -0.05) is 0 Å². The molecule has 0 saturated carbocycles. The van der Waals surface area contributed by atoms with Crippen LogP contribution < -0.4 is 5.32 Å². The van der Waals surface area contributed by atoms with Crippen LogP contribution in [0.25, 0.3) is 0 Å². The molecule has 0 saturated heterocycles. The van der Waals surface area contributed by atoms with Crippen molar-refractivity contribution in [3.05, 3.63) is 0 Å². The van der Waals surface area contributed by atoms with Gasteiger partial charge < -0.3 is 19.7 Å². The van der Waals surface area contributed by atoms with Crippen LogP contribution in [0.3, 0.4) is 0 Å². The summed E-state index contributed by atoms with van der Waals surface area (Å²) in [6.07, 6.45) is -0.491. The number of carbonyl (C=O) groups excluding carboxylic acids is 3. The number of nitrogens with zero attached hydrogens (tertiary/aromatic N) is 1. The Morgan fingerprint density at radius 2 is 1.78 bits per heavy atom. The van der Waals surface area contributed by atoms with Gasteiger partial charge in [-0.15, -0.1) is 0 Å². The Morgan fingerprint density at radius 1 is 1.22 bits per heavy atom. The van der Waals surface area contributed by atoms with Crippen LogP contribution in [0.5, 0.6) is 0 Å². The molecule has 0 aromatic rings. The van der Waals surface area contributed by atoms with Crippen molar-refractivity contribution in [2.24, 2.45) is 0 Å². The van der Waals surface area contributed by atoms with Crippen LogP contribution in [0, 0.1) is 0 Å². The molecule has 0 fully saturated rings. The van der Waals surface area contributed by atoms with Gasteiger partial charge in [0.25, 0.3) is 0 Å². The molecular formula is C11H20N2O5. The minimum absolute atomic E-state index is 0.143. The Balaban J connectivity index is 3.97. The lowest BCUT2D eigenvalue weighted by Gasteiger charge is -2.24. The van der Waals surface area contributed by atoms with Gasteiger partial charge in [0.1, 0.15) is 5.60 Å². The van der Waals surface area contributed by atoms with E-state index in [9.17, 15) is 14.4 Å². The van der Waals surface area contributed by atoms with E-state index in [0.29, 0.717) is 0 Å². The molecule has 1 N–H and O–H groups in total. The lowest BCUT2D eigenvalue weighted by atomic mass is 10.2. The Kier molecular flexibility index (Phi) is 6.15. The highest BCUT2D eigenvalue weighted by Gasteiger charge is 2.19. The average Bonchev–Trinajstić information content (AvgIpc) is 2.25. The summed E-state index contributed by atoms with van der Waals surface area (Å²) in [6, 6.07) is 0. The summed E-state index contributed by atoms with van der Waals surface area (Å²) in [5.41, 5.74) is -0.569. The summed E-state index contributed by atoms with van der Waals surface area (Å²) in [6.45, 7) is 5.66. The first-order chi connectivity index (χ1) is 8.17. The molecule has 0 rings (SSSR count). The second-order valence-electron chi connectivity index (χ2n) is 4.65. The van der Waals surface area contributed by atoms with Crippen LogP contribution in [-0.2, 0) is 19.1 Å². The number of carbonyl (C=O) groups is 3. The van der Waals surface area contributed by atoms with E-state index in [-0.39, 0.29) is 13.1 Å². The lowest BCUT2D eigenvalue weighted by Crippen LogP contribution is -2.41. The van der Waals surface area contributed by atoms with Crippen molar-refractivity contribution >= 4 is 18.0 Å². The maximum Gasteiger partial charge on any atom is 0.410 e. The van der Waals surface area contributed by atoms with E-state index in [4.69, 9.17) is 4.74 Å². The van der Waals surface area contributed by atoms with Crippen LogP contribution in [0.4, 0.5) is 4.79 Å². The maximum atomic E-state index is 11.5. The van der Waals surface area contributed by atoms with E-state index in [1.165, 1.54) is 4.90 Å². The summed E-state index contributed by atoms with van der Waals surface area (Å²) in [7, 11) is 2.66. The van der Waals surface area contributed by atoms with Gasteiger partial charge in [0.2, 0.25) is 0 Å². The monoisotopic (exact) mass is 260 g/mol. The summed E-state index contributed by atoms with van der Waals surface area (Å²) in [5, 5.41) is 2.32. The second-order valence-corrected chi connectivity index (χ2v) is 4.65. The first kappa shape index (κ1) is 16.2. The van der Waals surface area contributed by atoms with Gasteiger partial charge in [-0.05, 0) is 20.8 Å². The molecule has 7 heteroatoms. The summed E-state index contributed by atoms with van der Waals surface area (Å²) in [5.74, 6) is -1.80. The average molecular weight is 260 g/mol.